The van der Waals surface area contributed by atoms with E-state index in [1.165, 1.54) is 38.0 Å². The average molecular weight is 325 g/mol. The molecule has 3 heteroatoms. The molecule has 1 saturated heterocycles. The molecule has 106 valence electrons. The molecular formula is C16H25BrN2. The van der Waals surface area contributed by atoms with Crippen molar-refractivity contribution in [1.29, 1.82) is 0 Å². The van der Waals surface area contributed by atoms with Gasteiger partial charge in [-0.15, -0.1) is 0 Å². The van der Waals surface area contributed by atoms with Crippen LogP contribution in [0.2, 0.25) is 0 Å². The van der Waals surface area contributed by atoms with Gasteiger partial charge in [-0.05, 0) is 63.4 Å². The monoisotopic (exact) mass is 324 g/mol. The molecule has 0 amide bonds. The molecule has 0 saturated carbocycles. The second-order valence-corrected chi connectivity index (χ2v) is 6.76. The summed E-state index contributed by atoms with van der Waals surface area (Å²) < 4.78 is 1.16. The molecule has 0 aliphatic carbocycles. The quantitative estimate of drug-likeness (QED) is 0.889. The first-order chi connectivity index (χ1) is 9.15. The Hall–Kier alpha value is -0.380. The summed E-state index contributed by atoms with van der Waals surface area (Å²) in [7, 11) is 0. The molecule has 19 heavy (non-hydrogen) atoms. The zero-order valence-corrected chi connectivity index (χ0v) is 13.6. The molecular weight excluding hydrogens is 300 g/mol. The minimum atomic E-state index is 0.610. The molecule has 1 aromatic rings. The van der Waals surface area contributed by atoms with Gasteiger partial charge in [0.2, 0.25) is 0 Å². The van der Waals surface area contributed by atoms with Crippen molar-refractivity contribution >= 4 is 15.9 Å². The minimum Gasteiger partial charge on any atom is -0.317 e. The third-order valence-corrected chi connectivity index (χ3v) is 4.51. The van der Waals surface area contributed by atoms with Crippen LogP contribution in [0.3, 0.4) is 0 Å². The summed E-state index contributed by atoms with van der Waals surface area (Å²) in [6.45, 7) is 9.29. The van der Waals surface area contributed by atoms with E-state index in [4.69, 9.17) is 0 Å². The van der Waals surface area contributed by atoms with E-state index in [-0.39, 0.29) is 0 Å². The largest absolute Gasteiger partial charge is 0.317 e. The van der Waals surface area contributed by atoms with Crippen LogP contribution in [0.4, 0.5) is 0 Å². The Kier molecular flexibility index (Phi) is 5.86. The highest BCUT2D eigenvalue weighted by Gasteiger charge is 2.18. The smallest absolute Gasteiger partial charge is 0.0236 e. The highest BCUT2D eigenvalue weighted by atomic mass is 79.9. The van der Waals surface area contributed by atoms with E-state index in [1.807, 2.05) is 0 Å². The van der Waals surface area contributed by atoms with E-state index in [1.54, 1.807) is 0 Å². The third kappa shape index (κ3) is 4.90. The van der Waals surface area contributed by atoms with Gasteiger partial charge < -0.3 is 5.32 Å². The molecule has 0 spiro atoms. The van der Waals surface area contributed by atoms with Crippen LogP contribution in [-0.2, 0) is 6.54 Å². The van der Waals surface area contributed by atoms with E-state index >= 15 is 0 Å². The molecule has 0 bridgehead atoms. The van der Waals surface area contributed by atoms with Gasteiger partial charge in [0.25, 0.3) is 0 Å². The van der Waals surface area contributed by atoms with Crippen molar-refractivity contribution in [2.45, 2.75) is 39.3 Å². The zero-order valence-electron chi connectivity index (χ0n) is 12.0. The Morgan fingerprint density at radius 3 is 2.42 bits per heavy atom. The molecule has 1 aliphatic rings. The van der Waals surface area contributed by atoms with Gasteiger partial charge in [0.05, 0.1) is 0 Å². The van der Waals surface area contributed by atoms with Gasteiger partial charge in [-0.25, -0.2) is 0 Å². The number of nitrogens with one attached hydrogen (secondary N) is 1. The lowest BCUT2D eigenvalue weighted by molar-refractivity contribution is 0.162. The van der Waals surface area contributed by atoms with Crippen molar-refractivity contribution in [3.63, 3.8) is 0 Å². The van der Waals surface area contributed by atoms with Crippen molar-refractivity contribution in [3.8, 4) is 0 Å². The standard InChI is InChI=1S/C16H25BrN2/c1-13(2)19(12-15-7-9-18-10-8-15)11-14-3-5-16(17)6-4-14/h3-6,13,15,18H,7-12H2,1-2H3. The lowest BCUT2D eigenvalue weighted by atomic mass is 9.97. The number of hydrogen-bond acceptors (Lipinski definition) is 2. The zero-order chi connectivity index (χ0) is 13.7. The van der Waals surface area contributed by atoms with Crippen molar-refractivity contribution in [2.24, 2.45) is 5.92 Å². The molecule has 1 aromatic carbocycles. The number of halogens is 1. The topological polar surface area (TPSA) is 15.3 Å². The number of benzene rings is 1. The van der Waals surface area contributed by atoms with Gasteiger partial charge in [0, 0.05) is 23.6 Å². The van der Waals surface area contributed by atoms with Crippen LogP contribution in [0, 0.1) is 5.92 Å². The summed E-state index contributed by atoms with van der Waals surface area (Å²) in [5.74, 6) is 0.860. The van der Waals surface area contributed by atoms with Crippen molar-refractivity contribution < 1.29 is 0 Å². The summed E-state index contributed by atoms with van der Waals surface area (Å²) >= 11 is 3.50. The Balaban J connectivity index is 1.93. The average Bonchev–Trinajstić information content (AvgIpc) is 2.41. The van der Waals surface area contributed by atoms with E-state index in [0.29, 0.717) is 6.04 Å². The van der Waals surface area contributed by atoms with Crippen molar-refractivity contribution in [3.05, 3.63) is 34.3 Å². The van der Waals surface area contributed by atoms with Crippen LogP contribution in [0.25, 0.3) is 0 Å². The molecule has 0 aromatic heterocycles. The molecule has 1 heterocycles. The van der Waals surface area contributed by atoms with Crippen molar-refractivity contribution in [1.82, 2.24) is 10.2 Å². The first-order valence-corrected chi connectivity index (χ1v) is 8.13. The van der Waals surface area contributed by atoms with Crippen LogP contribution in [-0.4, -0.2) is 30.6 Å². The van der Waals surface area contributed by atoms with Gasteiger partial charge in [0.1, 0.15) is 0 Å². The van der Waals surface area contributed by atoms with Gasteiger partial charge in [-0.3, -0.25) is 4.90 Å². The second kappa shape index (κ2) is 7.41. The lowest BCUT2D eigenvalue weighted by Gasteiger charge is -2.32. The van der Waals surface area contributed by atoms with E-state index in [0.717, 1.165) is 16.9 Å². The normalized spacial score (nSPS) is 17.3. The minimum absolute atomic E-state index is 0.610. The van der Waals surface area contributed by atoms with Crippen LogP contribution >= 0.6 is 15.9 Å². The van der Waals surface area contributed by atoms with E-state index in [9.17, 15) is 0 Å². The third-order valence-electron chi connectivity index (χ3n) is 3.98. The Morgan fingerprint density at radius 2 is 1.84 bits per heavy atom. The van der Waals surface area contributed by atoms with Crippen molar-refractivity contribution in [2.75, 3.05) is 19.6 Å². The highest BCUT2D eigenvalue weighted by Crippen LogP contribution is 2.18. The summed E-state index contributed by atoms with van der Waals surface area (Å²) in [5, 5.41) is 3.45. The molecule has 1 aliphatic heterocycles. The predicted molar refractivity (Wildman–Crippen MR) is 85.3 cm³/mol. The fraction of sp³-hybridized carbons (Fsp3) is 0.625. The summed E-state index contributed by atoms with van der Waals surface area (Å²) in [6, 6.07) is 9.33. The first-order valence-electron chi connectivity index (χ1n) is 7.34. The van der Waals surface area contributed by atoms with Gasteiger partial charge in [0.15, 0.2) is 0 Å². The van der Waals surface area contributed by atoms with Gasteiger partial charge in [-0.2, -0.15) is 0 Å². The molecule has 2 rings (SSSR count). The molecule has 1 N–H and O–H groups in total. The highest BCUT2D eigenvalue weighted by molar-refractivity contribution is 9.10. The first kappa shape index (κ1) is 15.0. The van der Waals surface area contributed by atoms with Gasteiger partial charge in [-0.1, -0.05) is 28.1 Å². The summed E-state index contributed by atoms with van der Waals surface area (Å²) in [5.41, 5.74) is 1.41. The lowest BCUT2D eigenvalue weighted by Crippen LogP contribution is -2.39. The predicted octanol–water partition coefficient (Wildman–Crippen LogP) is 3.66. The Morgan fingerprint density at radius 1 is 1.21 bits per heavy atom. The van der Waals surface area contributed by atoms with E-state index < -0.39 is 0 Å². The molecule has 2 nitrogen and oxygen atoms in total. The summed E-state index contributed by atoms with van der Waals surface area (Å²) in [6.07, 6.45) is 2.65. The summed E-state index contributed by atoms with van der Waals surface area (Å²) in [4.78, 5) is 2.61. The van der Waals surface area contributed by atoms with E-state index in [2.05, 4.69) is 64.3 Å². The van der Waals surface area contributed by atoms with Crippen LogP contribution < -0.4 is 5.32 Å². The SMILES string of the molecule is CC(C)N(Cc1ccc(Br)cc1)CC1CCNCC1. The molecule has 0 unspecified atom stereocenters. The van der Waals surface area contributed by atoms with Crippen LogP contribution in [0.1, 0.15) is 32.3 Å². The Bertz CT molecular complexity index is 369. The van der Waals surface area contributed by atoms with Crippen LogP contribution in [0.5, 0.6) is 0 Å². The second-order valence-electron chi connectivity index (χ2n) is 5.84. The Labute approximate surface area is 125 Å². The fourth-order valence-corrected chi connectivity index (χ4v) is 2.94. The molecule has 0 radical (unpaired) electrons. The maximum Gasteiger partial charge on any atom is 0.0236 e. The number of piperidine rings is 1. The fourth-order valence-electron chi connectivity index (χ4n) is 2.68. The molecule has 1 fully saturated rings. The number of hydrogen-bond donors (Lipinski definition) is 1. The van der Waals surface area contributed by atoms with Gasteiger partial charge >= 0.3 is 0 Å². The maximum absolute atomic E-state index is 3.50. The number of nitrogens with zero attached hydrogens (tertiary/aromatic N) is 1. The van der Waals surface area contributed by atoms with Crippen LogP contribution in [0.15, 0.2) is 28.7 Å². The number of rotatable bonds is 5. The molecule has 0 atom stereocenters. The maximum atomic E-state index is 3.50.